The van der Waals surface area contributed by atoms with Crippen LogP contribution in [0.15, 0.2) is 11.6 Å². The van der Waals surface area contributed by atoms with Crippen molar-refractivity contribution in [2.45, 2.75) is 253 Å². The highest BCUT2D eigenvalue weighted by Crippen LogP contribution is 2.76. The fraction of sp³-hybridized carbons (Fsp3) is 0.963. The van der Waals surface area contributed by atoms with E-state index in [0.717, 1.165) is 5.57 Å². The Bertz CT molecular complexity index is 2030. The van der Waals surface area contributed by atoms with E-state index in [1.54, 1.807) is 0 Å². The summed E-state index contributed by atoms with van der Waals surface area (Å²) in [4.78, 5) is 0. The average molecular weight is 1130 g/mol. The highest BCUT2D eigenvalue weighted by molar-refractivity contribution is 5.22. The van der Waals surface area contributed by atoms with Gasteiger partial charge < -0.3 is 120 Å². The maximum Gasteiger partial charge on any atom is 0.187 e. The minimum absolute atomic E-state index is 0.176. The lowest BCUT2D eigenvalue weighted by Gasteiger charge is -2.72. The normalized spacial score (nSPS) is 53.1. The van der Waals surface area contributed by atoms with Crippen molar-refractivity contribution in [3.8, 4) is 0 Å². The summed E-state index contributed by atoms with van der Waals surface area (Å²) >= 11 is 0. The van der Waals surface area contributed by atoms with Gasteiger partial charge in [-0.1, -0.05) is 46.3 Å². The smallest absolute Gasteiger partial charge is 0.187 e. The molecule has 4 aliphatic heterocycles. The second kappa shape index (κ2) is 23.7. The van der Waals surface area contributed by atoms with E-state index in [1.165, 1.54) is 0 Å². The van der Waals surface area contributed by atoms with Gasteiger partial charge in [0, 0.05) is 0 Å². The Morgan fingerprint density at radius 2 is 1.09 bits per heavy atom. The zero-order chi connectivity index (χ0) is 57.5. The largest absolute Gasteiger partial charge is 0.394 e. The monoisotopic (exact) mass is 1120 g/mol. The van der Waals surface area contributed by atoms with Crippen LogP contribution in [0, 0.1) is 45.3 Å². The first-order valence-corrected chi connectivity index (χ1v) is 28.0. The lowest BCUT2D eigenvalue weighted by atomic mass is 9.34. The number of hydrogen-bond acceptors (Lipinski definition) is 24. The van der Waals surface area contributed by atoms with Gasteiger partial charge in [0.25, 0.3) is 0 Å². The molecule has 4 saturated carbocycles. The van der Waals surface area contributed by atoms with E-state index in [2.05, 4.69) is 20.8 Å². The van der Waals surface area contributed by atoms with Crippen molar-refractivity contribution in [3.05, 3.63) is 11.6 Å². The van der Waals surface area contributed by atoms with Gasteiger partial charge in [-0.2, -0.15) is 0 Å². The van der Waals surface area contributed by atoms with E-state index >= 15 is 0 Å². The molecule has 0 aromatic heterocycles. The molecule has 16 N–H and O–H groups in total. The highest BCUT2D eigenvalue weighted by atomic mass is 16.8. The zero-order valence-electron chi connectivity index (χ0n) is 46.1. The third-order valence-corrected chi connectivity index (χ3v) is 20.8. The number of ether oxygens (including phenoxy) is 8. The predicted octanol–water partition coefficient (Wildman–Crippen LogP) is -3.23. The summed E-state index contributed by atoms with van der Waals surface area (Å²) in [6.07, 6.45) is -30.0. The molecule has 4 saturated heterocycles. The van der Waals surface area contributed by atoms with E-state index in [-0.39, 0.29) is 5.92 Å². The SMILES string of the molecule is CC(C)=CCCC(C)(OC1OC(COC2OC(CO)C(O)C(O)C2O)C(O)C(O)C1O)C1CCC2(C)C1C(O)CC1C3(C)CCC(O)C(C)(C)C3C(OC3OC(CO)C(O)C(O)C3OC3OC(CO)C(O)C(O)C3O)CC12C. The topological polar surface area (TPSA) is 398 Å². The lowest BCUT2D eigenvalue weighted by molar-refractivity contribution is -0.383. The molecule has 0 radical (unpaired) electrons. The van der Waals surface area contributed by atoms with Gasteiger partial charge in [-0.25, -0.2) is 0 Å². The van der Waals surface area contributed by atoms with Crippen molar-refractivity contribution < 1.29 is 120 Å². The highest BCUT2D eigenvalue weighted by Gasteiger charge is 2.74. The number of rotatable bonds is 16. The zero-order valence-corrected chi connectivity index (χ0v) is 46.1. The van der Waals surface area contributed by atoms with Crippen molar-refractivity contribution in [2.75, 3.05) is 26.4 Å². The van der Waals surface area contributed by atoms with Crippen molar-refractivity contribution in [2.24, 2.45) is 45.3 Å². The van der Waals surface area contributed by atoms with Crippen LogP contribution in [-0.2, 0) is 37.9 Å². The molecule has 4 heterocycles. The molecule has 0 aromatic carbocycles. The Labute approximate surface area is 455 Å². The maximum atomic E-state index is 12.9. The molecule has 78 heavy (non-hydrogen) atoms. The summed E-state index contributed by atoms with van der Waals surface area (Å²) in [7, 11) is 0. The van der Waals surface area contributed by atoms with E-state index in [0.29, 0.717) is 51.4 Å². The molecule has 31 unspecified atom stereocenters. The molecule has 0 bridgehead atoms. The van der Waals surface area contributed by atoms with Crippen LogP contribution >= 0.6 is 0 Å². The summed E-state index contributed by atoms with van der Waals surface area (Å²) in [6, 6.07) is 0. The Morgan fingerprint density at radius 3 is 1.67 bits per heavy atom. The molecule has 4 aliphatic carbocycles. The molecule has 452 valence electrons. The number of allylic oxidation sites excluding steroid dienone is 2. The summed E-state index contributed by atoms with van der Waals surface area (Å²) < 4.78 is 49.6. The van der Waals surface area contributed by atoms with Crippen molar-refractivity contribution in [1.82, 2.24) is 0 Å². The molecule has 24 heteroatoms. The molecule has 24 nitrogen and oxygen atoms in total. The predicted molar refractivity (Wildman–Crippen MR) is 268 cm³/mol. The van der Waals surface area contributed by atoms with E-state index in [1.807, 2.05) is 40.7 Å². The van der Waals surface area contributed by atoms with Gasteiger partial charge in [0.1, 0.15) is 97.7 Å². The lowest BCUT2D eigenvalue weighted by Crippen LogP contribution is -2.71. The Hall–Kier alpha value is -1.22. The van der Waals surface area contributed by atoms with Crippen LogP contribution in [0.25, 0.3) is 0 Å². The minimum atomic E-state index is -1.89. The number of hydrogen-bond donors (Lipinski definition) is 16. The van der Waals surface area contributed by atoms with Crippen molar-refractivity contribution >= 4 is 0 Å². The summed E-state index contributed by atoms with van der Waals surface area (Å²) in [5.74, 6) is -1.54. The van der Waals surface area contributed by atoms with Gasteiger partial charge in [-0.15, -0.1) is 0 Å². The van der Waals surface area contributed by atoms with Gasteiger partial charge in [0.05, 0.1) is 50.3 Å². The number of aliphatic hydroxyl groups excluding tert-OH is 16. The summed E-state index contributed by atoms with van der Waals surface area (Å²) in [6.45, 7) is 13.5. The Morgan fingerprint density at radius 1 is 0.577 bits per heavy atom. The van der Waals surface area contributed by atoms with Crippen molar-refractivity contribution in [3.63, 3.8) is 0 Å². The van der Waals surface area contributed by atoms with Crippen molar-refractivity contribution in [1.29, 1.82) is 0 Å². The molecule has 8 rings (SSSR count). The Kier molecular flexibility index (Phi) is 19.1. The molecule has 8 fully saturated rings. The fourth-order valence-electron chi connectivity index (χ4n) is 16.3. The minimum Gasteiger partial charge on any atom is -0.394 e. The number of fused-ring (bicyclic) bond motifs is 5. The fourth-order valence-corrected chi connectivity index (χ4v) is 16.3. The standard InChI is InChI=1S/C54H92O24/c1-22(2)10-9-13-54(8,78-48-43(70)39(66)36(63)29(76-48)21-71-46-41(68)37(64)33(60)26(18-55)73-46)23-11-15-52(6)32(23)24(58)16-30-51(5)14-12-31(59)50(3,4)45(51)25(17-53(30,52)7)72-49-44(40(67)35(62)28(20-57)75-49)77-47-42(69)38(65)34(61)27(19-56)74-47/h10,23-49,55-70H,9,11-21H2,1-8H3. The van der Waals surface area contributed by atoms with E-state index in [9.17, 15) is 81.7 Å². The Balaban J connectivity index is 1.12. The molecule has 0 amide bonds. The van der Waals surface area contributed by atoms with Crippen LogP contribution in [0.2, 0.25) is 0 Å². The number of aliphatic hydroxyl groups is 16. The van der Waals surface area contributed by atoms with E-state index in [4.69, 9.17) is 37.9 Å². The van der Waals surface area contributed by atoms with Gasteiger partial charge in [0.2, 0.25) is 0 Å². The second-order valence-electron chi connectivity index (χ2n) is 25.9. The van der Waals surface area contributed by atoms with Crippen LogP contribution in [0.3, 0.4) is 0 Å². The molecule has 8 aliphatic rings. The molecule has 0 spiro atoms. The third kappa shape index (κ3) is 10.8. The molecular weight excluding hydrogens is 1030 g/mol. The average Bonchev–Trinajstić information content (AvgIpc) is 3.38. The van der Waals surface area contributed by atoms with Gasteiger partial charge in [-0.05, 0) is 117 Å². The molecule has 31 atom stereocenters. The van der Waals surface area contributed by atoms with Gasteiger partial charge >= 0.3 is 0 Å². The third-order valence-electron chi connectivity index (χ3n) is 20.8. The second-order valence-corrected chi connectivity index (χ2v) is 25.9. The molecule has 0 aromatic rings. The summed E-state index contributed by atoms with van der Waals surface area (Å²) in [5.41, 5.74) is -3.03. The van der Waals surface area contributed by atoms with Crippen LogP contribution in [0.4, 0.5) is 0 Å². The quantitative estimate of drug-likeness (QED) is 0.0534. The first-order chi connectivity index (χ1) is 36.5. The van der Waals surface area contributed by atoms with Gasteiger partial charge in [0.15, 0.2) is 25.2 Å². The van der Waals surface area contributed by atoms with Crippen LogP contribution < -0.4 is 0 Å². The van der Waals surface area contributed by atoms with Gasteiger partial charge in [-0.3, -0.25) is 0 Å². The van der Waals surface area contributed by atoms with Crippen LogP contribution in [0.1, 0.15) is 107 Å². The van der Waals surface area contributed by atoms with Crippen LogP contribution in [-0.4, -0.2) is 255 Å². The first kappa shape index (κ1) is 62.8. The maximum absolute atomic E-state index is 12.9. The molecular formula is C54H92O24. The van der Waals surface area contributed by atoms with E-state index < -0.39 is 213 Å². The van der Waals surface area contributed by atoms with Crippen LogP contribution in [0.5, 0.6) is 0 Å². The first-order valence-electron chi connectivity index (χ1n) is 28.0. The summed E-state index contributed by atoms with van der Waals surface area (Å²) in [5, 5.41) is 175.